The van der Waals surface area contributed by atoms with E-state index in [0.29, 0.717) is 23.0 Å². The third-order valence-electron chi connectivity index (χ3n) is 3.65. The maximum atomic E-state index is 10.2. The summed E-state index contributed by atoms with van der Waals surface area (Å²) < 4.78 is 17.6. The first-order valence-corrected chi connectivity index (χ1v) is 7.53. The Morgan fingerprint density at radius 3 is 2.52 bits per heavy atom. The van der Waals surface area contributed by atoms with Crippen LogP contribution in [0.3, 0.4) is 0 Å². The molecule has 0 amide bonds. The van der Waals surface area contributed by atoms with Gasteiger partial charge in [-0.3, -0.25) is 0 Å². The van der Waals surface area contributed by atoms with Crippen molar-refractivity contribution < 1.29 is 19.3 Å². The molecule has 23 heavy (non-hydrogen) atoms. The van der Waals surface area contributed by atoms with E-state index < -0.39 is 0 Å². The van der Waals surface area contributed by atoms with Crippen LogP contribution in [0.4, 0.5) is 0 Å². The molecule has 1 N–H and O–H groups in total. The molecule has 4 rings (SSSR count). The molecule has 0 radical (unpaired) electrons. The van der Waals surface area contributed by atoms with Crippen LogP contribution in [0.1, 0.15) is 13.8 Å². The van der Waals surface area contributed by atoms with E-state index >= 15 is 0 Å². The molecule has 0 spiro atoms. The first kappa shape index (κ1) is 13.8. The molecule has 0 saturated carbocycles. The van der Waals surface area contributed by atoms with Gasteiger partial charge in [0.2, 0.25) is 5.75 Å². The number of phenols is 1. The quantitative estimate of drug-likeness (QED) is 0.551. The van der Waals surface area contributed by atoms with E-state index in [9.17, 15) is 5.11 Å². The van der Waals surface area contributed by atoms with Crippen LogP contribution in [0.15, 0.2) is 48.5 Å². The van der Waals surface area contributed by atoms with Crippen molar-refractivity contribution in [3.8, 4) is 34.5 Å². The fraction of sp³-hybridized carbons (Fsp3) is 0.158. The van der Waals surface area contributed by atoms with Crippen molar-refractivity contribution in [3.05, 3.63) is 48.5 Å². The molecule has 4 nitrogen and oxygen atoms in total. The molecule has 116 valence electrons. The van der Waals surface area contributed by atoms with E-state index in [1.807, 2.05) is 44.2 Å². The lowest BCUT2D eigenvalue weighted by Gasteiger charge is -2.23. The number of hydrogen-bond acceptors (Lipinski definition) is 4. The summed E-state index contributed by atoms with van der Waals surface area (Å²) in [5.74, 6) is 2.77. The van der Waals surface area contributed by atoms with Crippen molar-refractivity contribution in [3.63, 3.8) is 0 Å². The van der Waals surface area contributed by atoms with Crippen LogP contribution in [0.2, 0.25) is 0 Å². The Morgan fingerprint density at radius 2 is 1.70 bits per heavy atom. The van der Waals surface area contributed by atoms with Gasteiger partial charge in [-0.15, -0.1) is 0 Å². The first-order valence-electron chi connectivity index (χ1n) is 7.53. The minimum atomic E-state index is 0.0619. The average Bonchev–Trinajstić information content (AvgIpc) is 2.53. The van der Waals surface area contributed by atoms with Crippen molar-refractivity contribution in [1.29, 1.82) is 0 Å². The minimum absolute atomic E-state index is 0.0619. The summed E-state index contributed by atoms with van der Waals surface area (Å²) >= 11 is 0. The van der Waals surface area contributed by atoms with Gasteiger partial charge in [0.05, 0.1) is 6.10 Å². The number of fused-ring (bicyclic) bond motifs is 4. The van der Waals surface area contributed by atoms with E-state index in [0.717, 1.165) is 16.5 Å². The Bertz CT molecular complexity index is 899. The summed E-state index contributed by atoms with van der Waals surface area (Å²) in [5, 5.41) is 12.0. The zero-order chi connectivity index (χ0) is 16.0. The standard InChI is InChI=1S/C19H16O4/c1-11(2)21-13-7-8-16-17(10-13)23-18-14-6-4-3-5-12(14)9-15(20)19(18)22-16/h3-11,20H,1-2H3. The van der Waals surface area contributed by atoms with Crippen molar-refractivity contribution >= 4 is 10.8 Å². The van der Waals surface area contributed by atoms with E-state index in [1.54, 1.807) is 18.2 Å². The summed E-state index contributed by atoms with van der Waals surface area (Å²) in [5.41, 5.74) is 0. The van der Waals surface area contributed by atoms with Crippen LogP contribution < -0.4 is 14.2 Å². The molecular weight excluding hydrogens is 292 g/mol. The molecule has 0 aromatic heterocycles. The van der Waals surface area contributed by atoms with Crippen LogP contribution in [0.5, 0.6) is 34.5 Å². The minimum Gasteiger partial charge on any atom is -0.504 e. The SMILES string of the molecule is CC(C)Oc1ccc2c(c1)Oc1c(c(O)cc3ccccc13)O2. The van der Waals surface area contributed by atoms with E-state index in [-0.39, 0.29) is 11.9 Å². The highest BCUT2D eigenvalue weighted by Gasteiger charge is 2.25. The molecule has 4 heteroatoms. The molecule has 0 bridgehead atoms. The van der Waals surface area contributed by atoms with Gasteiger partial charge in [-0.1, -0.05) is 24.3 Å². The van der Waals surface area contributed by atoms with Crippen molar-refractivity contribution in [2.45, 2.75) is 20.0 Å². The first-order chi connectivity index (χ1) is 11.1. The highest BCUT2D eigenvalue weighted by atomic mass is 16.6. The predicted octanol–water partition coefficient (Wildman–Crippen LogP) is 5.23. The van der Waals surface area contributed by atoms with Gasteiger partial charge in [0.25, 0.3) is 0 Å². The predicted molar refractivity (Wildman–Crippen MR) is 88.0 cm³/mol. The molecule has 0 saturated heterocycles. The monoisotopic (exact) mass is 308 g/mol. The Kier molecular flexibility index (Phi) is 3.05. The van der Waals surface area contributed by atoms with E-state index in [1.165, 1.54) is 0 Å². The summed E-state index contributed by atoms with van der Waals surface area (Å²) in [7, 11) is 0. The van der Waals surface area contributed by atoms with Crippen LogP contribution >= 0.6 is 0 Å². The Hall–Kier alpha value is -2.88. The maximum absolute atomic E-state index is 10.2. The van der Waals surface area contributed by atoms with E-state index in [2.05, 4.69) is 0 Å². The largest absolute Gasteiger partial charge is 0.504 e. The third-order valence-corrected chi connectivity index (χ3v) is 3.65. The number of benzene rings is 3. The number of hydrogen-bond donors (Lipinski definition) is 1. The van der Waals surface area contributed by atoms with Crippen LogP contribution in [0.25, 0.3) is 10.8 Å². The normalized spacial score (nSPS) is 12.3. The van der Waals surface area contributed by atoms with Crippen molar-refractivity contribution in [1.82, 2.24) is 0 Å². The highest BCUT2D eigenvalue weighted by molar-refractivity contribution is 5.93. The molecule has 1 aliphatic heterocycles. The van der Waals surface area contributed by atoms with Crippen LogP contribution in [-0.4, -0.2) is 11.2 Å². The summed E-state index contributed by atoms with van der Waals surface area (Å²) in [6.45, 7) is 3.94. The second kappa shape index (κ2) is 5.09. The molecule has 0 aliphatic carbocycles. The van der Waals surface area contributed by atoms with Crippen molar-refractivity contribution in [2.75, 3.05) is 0 Å². The summed E-state index contributed by atoms with van der Waals surface area (Å²) in [4.78, 5) is 0. The summed E-state index contributed by atoms with van der Waals surface area (Å²) in [6, 6.07) is 14.8. The van der Waals surface area contributed by atoms with Crippen molar-refractivity contribution in [2.24, 2.45) is 0 Å². The lowest BCUT2D eigenvalue weighted by atomic mass is 10.1. The molecular formula is C19H16O4. The number of aromatic hydroxyl groups is 1. The molecule has 1 aliphatic rings. The van der Waals surface area contributed by atoms with Gasteiger partial charge in [0, 0.05) is 11.5 Å². The number of phenolic OH excluding ortho intramolecular Hbond substituents is 1. The fourth-order valence-electron chi connectivity index (χ4n) is 2.70. The second-order valence-electron chi connectivity index (χ2n) is 5.75. The highest BCUT2D eigenvalue weighted by Crippen LogP contribution is 2.53. The average molecular weight is 308 g/mol. The molecule has 3 aromatic carbocycles. The molecule has 0 unspecified atom stereocenters. The Balaban J connectivity index is 1.83. The van der Waals surface area contributed by atoms with Gasteiger partial charge < -0.3 is 19.3 Å². The van der Waals surface area contributed by atoms with Gasteiger partial charge in [0.15, 0.2) is 23.0 Å². The molecule has 0 atom stereocenters. The second-order valence-corrected chi connectivity index (χ2v) is 5.75. The zero-order valence-electron chi connectivity index (χ0n) is 12.9. The molecule has 0 fully saturated rings. The number of rotatable bonds is 2. The number of ether oxygens (including phenoxy) is 3. The van der Waals surface area contributed by atoms with Gasteiger partial charge in [-0.25, -0.2) is 0 Å². The fourth-order valence-corrected chi connectivity index (χ4v) is 2.70. The van der Waals surface area contributed by atoms with Gasteiger partial charge in [-0.05, 0) is 37.4 Å². The van der Waals surface area contributed by atoms with Crippen LogP contribution in [0, 0.1) is 0 Å². The third kappa shape index (κ3) is 2.32. The van der Waals surface area contributed by atoms with Gasteiger partial charge >= 0.3 is 0 Å². The molecule has 1 heterocycles. The van der Waals surface area contributed by atoms with Crippen LogP contribution in [-0.2, 0) is 0 Å². The maximum Gasteiger partial charge on any atom is 0.212 e. The lowest BCUT2D eigenvalue weighted by molar-refractivity contribution is 0.240. The van der Waals surface area contributed by atoms with Gasteiger partial charge in [-0.2, -0.15) is 0 Å². The Labute approximate surface area is 133 Å². The van der Waals surface area contributed by atoms with E-state index in [4.69, 9.17) is 14.2 Å². The molecule has 3 aromatic rings. The summed E-state index contributed by atoms with van der Waals surface area (Å²) in [6.07, 6.45) is 0.0784. The zero-order valence-corrected chi connectivity index (χ0v) is 12.9. The van der Waals surface area contributed by atoms with Gasteiger partial charge in [0.1, 0.15) is 5.75 Å². The topological polar surface area (TPSA) is 47.9 Å². The lowest BCUT2D eigenvalue weighted by Crippen LogP contribution is -2.06. The Morgan fingerprint density at radius 1 is 0.913 bits per heavy atom. The smallest absolute Gasteiger partial charge is 0.212 e.